The Morgan fingerprint density at radius 3 is 2.29 bits per heavy atom. The van der Waals surface area contributed by atoms with E-state index in [0.717, 1.165) is 38.5 Å². The van der Waals surface area contributed by atoms with Gasteiger partial charge < -0.3 is 14.9 Å². The van der Waals surface area contributed by atoms with Crippen molar-refractivity contribution in [2.45, 2.75) is 118 Å². The smallest absolute Gasteiger partial charge is 0.315 e. The molecular formula is C30H46O4. The Bertz CT molecular complexity index is 965. The van der Waals surface area contributed by atoms with E-state index >= 15 is 0 Å². The molecule has 1 heterocycles. The Morgan fingerprint density at radius 1 is 0.882 bits per heavy atom. The van der Waals surface area contributed by atoms with Crippen LogP contribution in [0.3, 0.4) is 0 Å². The summed E-state index contributed by atoms with van der Waals surface area (Å²) in [5.74, 6) is 0.977. The summed E-state index contributed by atoms with van der Waals surface area (Å²) in [6.45, 7) is 16.5. The quantitative estimate of drug-likeness (QED) is 0.354. The second-order valence-corrected chi connectivity index (χ2v) is 15.3. The van der Waals surface area contributed by atoms with E-state index in [4.69, 9.17) is 4.74 Å². The van der Waals surface area contributed by atoms with Gasteiger partial charge in [0.25, 0.3) is 0 Å². The standard InChI is InChI=1S/C30H46O4/c1-25(2)14-18-17-8-9-20-27(5)12-11-21(31)26(3,4)19(27)10-13-28(20,6)29(17,7)15-22(32)30(18)16-23(25)34-24(30)33/h8,18-23,31-32H,9-16H2,1-7H3/t18-,19-,20+,21-,22-,23-,27-,28+,29+,30+/m0/s1. The van der Waals surface area contributed by atoms with E-state index in [9.17, 15) is 15.0 Å². The predicted molar refractivity (Wildman–Crippen MR) is 132 cm³/mol. The van der Waals surface area contributed by atoms with Gasteiger partial charge in [0.1, 0.15) is 11.5 Å². The first-order chi connectivity index (χ1) is 15.6. The van der Waals surface area contributed by atoms with Crippen molar-refractivity contribution >= 4 is 5.97 Å². The maximum Gasteiger partial charge on any atom is 0.315 e. The van der Waals surface area contributed by atoms with Crippen LogP contribution >= 0.6 is 0 Å². The number of ether oxygens (including phenoxy) is 1. The van der Waals surface area contributed by atoms with Crippen LogP contribution in [0.15, 0.2) is 11.6 Å². The summed E-state index contributed by atoms with van der Waals surface area (Å²) in [6.07, 6.45) is 9.13. The van der Waals surface area contributed by atoms with Crippen LogP contribution in [0.25, 0.3) is 0 Å². The van der Waals surface area contributed by atoms with Crippen molar-refractivity contribution in [3.63, 3.8) is 0 Å². The van der Waals surface area contributed by atoms with Gasteiger partial charge >= 0.3 is 5.97 Å². The molecule has 1 spiro atoms. The van der Waals surface area contributed by atoms with E-state index in [1.165, 1.54) is 5.57 Å². The fourth-order valence-electron chi connectivity index (χ4n) is 11.1. The molecule has 34 heavy (non-hydrogen) atoms. The van der Waals surface area contributed by atoms with Crippen LogP contribution in [-0.2, 0) is 9.53 Å². The molecule has 4 nitrogen and oxygen atoms in total. The average molecular weight is 471 g/mol. The van der Waals surface area contributed by atoms with Crippen LogP contribution in [0.4, 0.5) is 0 Å². The number of aliphatic hydroxyl groups is 2. The Hall–Kier alpha value is -0.870. The summed E-state index contributed by atoms with van der Waals surface area (Å²) in [6, 6.07) is 0. The highest BCUT2D eigenvalue weighted by Gasteiger charge is 2.74. The molecule has 2 N–H and O–H groups in total. The van der Waals surface area contributed by atoms with E-state index in [0.29, 0.717) is 24.7 Å². The van der Waals surface area contributed by atoms with Crippen LogP contribution < -0.4 is 0 Å². The lowest BCUT2D eigenvalue weighted by Crippen LogP contribution is -2.67. The third-order valence-corrected chi connectivity index (χ3v) is 13.4. The lowest BCUT2D eigenvalue weighted by Gasteiger charge is -2.71. The topological polar surface area (TPSA) is 66.8 Å². The minimum Gasteiger partial charge on any atom is -0.461 e. The van der Waals surface area contributed by atoms with Gasteiger partial charge in [-0.05, 0) is 84.4 Å². The SMILES string of the molecule is CC1(C)C[C@H]2C3=CC[C@@H]4[C@@]5(C)CC[C@H](O)C(C)(C)[C@@H]5CC[C@@]4(C)[C@]3(C)C[C@H](O)[C@@]23C[C@@H]1OC3=O. The highest BCUT2D eigenvalue weighted by molar-refractivity contribution is 5.82. The van der Waals surface area contributed by atoms with E-state index in [1.807, 2.05) is 0 Å². The molecule has 1 saturated heterocycles. The van der Waals surface area contributed by atoms with Crippen molar-refractivity contribution < 1.29 is 19.7 Å². The van der Waals surface area contributed by atoms with Gasteiger partial charge in [-0.15, -0.1) is 0 Å². The van der Waals surface area contributed by atoms with E-state index in [-0.39, 0.29) is 51.2 Å². The molecule has 0 aromatic heterocycles. The minimum absolute atomic E-state index is 0.0641. The fourth-order valence-corrected chi connectivity index (χ4v) is 11.1. The molecule has 6 aliphatic rings. The zero-order valence-electron chi connectivity index (χ0n) is 22.4. The summed E-state index contributed by atoms with van der Waals surface area (Å²) in [5, 5.41) is 22.7. The monoisotopic (exact) mass is 470 g/mol. The zero-order chi connectivity index (χ0) is 24.7. The largest absolute Gasteiger partial charge is 0.461 e. The Morgan fingerprint density at radius 2 is 1.59 bits per heavy atom. The predicted octanol–water partition coefficient (Wildman–Crippen LogP) is 5.66. The normalized spacial score (nSPS) is 56.9. The second kappa shape index (κ2) is 6.52. The molecule has 4 saturated carbocycles. The van der Waals surface area contributed by atoms with Crippen LogP contribution in [0, 0.1) is 50.2 Å². The molecule has 0 aromatic carbocycles. The number of allylic oxidation sites excluding steroid dienone is 2. The van der Waals surface area contributed by atoms with Crippen molar-refractivity contribution in [1.82, 2.24) is 0 Å². The van der Waals surface area contributed by atoms with E-state index in [2.05, 4.69) is 54.5 Å². The molecule has 0 unspecified atom stereocenters. The molecule has 4 heteroatoms. The van der Waals surface area contributed by atoms with Gasteiger partial charge in [0, 0.05) is 11.8 Å². The molecule has 5 aliphatic carbocycles. The first-order valence-electron chi connectivity index (χ1n) is 13.9. The second-order valence-electron chi connectivity index (χ2n) is 15.3. The summed E-state index contributed by atoms with van der Waals surface area (Å²) < 4.78 is 5.95. The molecule has 0 amide bonds. The van der Waals surface area contributed by atoms with Crippen molar-refractivity contribution in [3.05, 3.63) is 11.6 Å². The van der Waals surface area contributed by atoms with E-state index in [1.54, 1.807) is 0 Å². The highest BCUT2D eigenvalue weighted by atomic mass is 16.6. The molecule has 6 rings (SSSR count). The van der Waals surface area contributed by atoms with Crippen LogP contribution in [-0.4, -0.2) is 34.5 Å². The van der Waals surface area contributed by atoms with Gasteiger partial charge in [-0.1, -0.05) is 60.1 Å². The van der Waals surface area contributed by atoms with Gasteiger partial charge in [-0.3, -0.25) is 4.79 Å². The first-order valence-corrected chi connectivity index (χ1v) is 13.9. The summed E-state index contributed by atoms with van der Waals surface area (Å²) >= 11 is 0. The molecule has 0 aromatic rings. The van der Waals surface area contributed by atoms with Gasteiger partial charge in [-0.2, -0.15) is 0 Å². The molecule has 2 bridgehead atoms. The third kappa shape index (κ3) is 2.42. The average Bonchev–Trinajstić information content (AvgIpc) is 3.05. The Balaban J connectivity index is 1.47. The number of rotatable bonds is 0. The highest BCUT2D eigenvalue weighted by Crippen LogP contribution is 2.76. The maximum atomic E-state index is 13.4. The molecule has 190 valence electrons. The van der Waals surface area contributed by atoms with Crippen molar-refractivity contribution in [1.29, 1.82) is 0 Å². The zero-order valence-corrected chi connectivity index (χ0v) is 22.4. The fraction of sp³-hybridized carbons (Fsp3) is 0.900. The molecule has 10 atom stereocenters. The molecular weight excluding hydrogens is 424 g/mol. The number of carbonyl (C=O) groups excluding carboxylic acids is 1. The number of hydrogen-bond donors (Lipinski definition) is 2. The summed E-state index contributed by atoms with van der Waals surface area (Å²) in [5.41, 5.74) is 0.726. The van der Waals surface area contributed by atoms with Crippen molar-refractivity contribution in [3.8, 4) is 0 Å². The van der Waals surface area contributed by atoms with Gasteiger partial charge in [0.15, 0.2) is 0 Å². The third-order valence-electron chi connectivity index (χ3n) is 13.4. The van der Waals surface area contributed by atoms with Crippen molar-refractivity contribution in [2.75, 3.05) is 0 Å². The summed E-state index contributed by atoms with van der Waals surface area (Å²) in [4.78, 5) is 13.4. The number of esters is 1. The van der Waals surface area contributed by atoms with Gasteiger partial charge in [0.2, 0.25) is 0 Å². The molecule has 0 radical (unpaired) electrons. The maximum absolute atomic E-state index is 13.4. The van der Waals surface area contributed by atoms with Crippen LogP contribution in [0.5, 0.6) is 0 Å². The number of hydrogen-bond acceptors (Lipinski definition) is 4. The molecule has 5 fully saturated rings. The number of aliphatic hydroxyl groups excluding tert-OH is 2. The van der Waals surface area contributed by atoms with E-state index < -0.39 is 11.5 Å². The lowest BCUT2D eigenvalue weighted by atomic mass is 9.33. The van der Waals surface area contributed by atoms with Gasteiger partial charge in [0.05, 0.1) is 12.2 Å². The van der Waals surface area contributed by atoms with Crippen molar-refractivity contribution in [2.24, 2.45) is 50.2 Å². The van der Waals surface area contributed by atoms with Crippen LogP contribution in [0.1, 0.15) is 99.8 Å². The molecule has 1 aliphatic heterocycles. The van der Waals surface area contributed by atoms with Gasteiger partial charge in [-0.25, -0.2) is 0 Å². The Labute approximate surface area is 205 Å². The summed E-state index contributed by atoms with van der Waals surface area (Å²) in [7, 11) is 0. The number of fused-ring (bicyclic) bond motifs is 7. The lowest BCUT2D eigenvalue weighted by molar-refractivity contribution is -0.212. The minimum atomic E-state index is -0.743. The Kier molecular flexibility index (Phi) is 4.51. The number of carbonyl (C=O) groups is 1. The first kappa shape index (κ1) is 23.5. The van der Waals surface area contributed by atoms with Crippen LogP contribution in [0.2, 0.25) is 0 Å².